The van der Waals surface area contributed by atoms with Crippen molar-refractivity contribution in [2.75, 3.05) is 13.1 Å². The second-order valence-corrected chi connectivity index (χ2v) is 8.16. The second-order valence-electron chi connectivity index (χ2n) is 8.16. The van der Waals surface area contributed by atoms with Gasteiger partial charge in [0.05, 0.1) is 5.60 Å². The molecule has 1 unspecified atom stereocenters. The van der Waals surface area contributed by atoms with Crippen LogP contribution in [-0.4, -0.2) is 28.7 Å². The van der Waals surface area contributed by atoms with E-state index in [2.05, 4.69) is 59.5 Å². The molecule has 0 bridgehead atoms. The Labute approximate surface area is 151 Å². The molecule has 2 heteroatoms. The second kappa shape index (κ2) is 7.31. The van der Waals surface area contributed by atoms with E-state index in [1.54, 1.807) is 0 Å². The number of nitrogens with zero attached hydrogens (tertiary/aromatic N) is 1. The summed E-state index contributed by atoms with van der Waals surface area (Å²) in [5.41, 5.74) is 2.19. The Morgan fingerprint density at radius 2 is 1.56 bits per heavy atom. The summed E-state index contributed by atoms with van der Waals surface area (Å²) in [4.78, 5) is 2.61. The average Bonchev–Trinajstić information content (AvgIpc) is 2.63. The van der Waals surface area contributed by atoms with Crippen LogP contribution in [0.15, 0.2) is 60.7 Å². The molecule has 2 aromatic rings. The summed E-state index contributed by atoms with van der Waals surface area (Å²) in [7, 11) is 0. The van der Waals surface area contributed by atoms with Crippen molar-refractivity contribution >= 4 is 0 Å². The van der Waals surface area contributed by atoms with Crippen LogP contribution in [0.2, 0.25) is 0 Å². The molecule has 0 radical (unpaired) electrons. The van der Waals surface area contributed by atoms with Crippen LogP contribution < -0.4 is 0 Å². The van der Waals surface area contributed by atoms with Gasteiger partial charge in [-0.15, -0.1) is 0 Å². The zero-order chi connectivity index (χ0) is 17.1. The van der Waals surface area contributed by atoms with E-state index in [0.717, 1.165) is 38.3 Å². The third-order valence-corrected chi connectivity index (χ3v) is 6.22. The standard InChI is InChI=1S/C23H29NO/c25-23(15-19-7-3-1-4-8-19)13-11-22-18-24(14-12-21(22)16-23)17-20-9-5-2-6-10-20/h1-10,21-22,25H,11-18H2/t21-,22-,23?/m1/s1. The van der Waals surface area contributed by atoms with Gasteiger partial charge in [-0.3, -0.25) is 4.90 Å². The van der Waals surface area contributed by atoms with Crippen LogP contribution in [0.4, 0.5) is 0 Å². The van der Waals surface area contributed by atoms with E-state index in [0.29, 0.717) is 5.92 Å². The third kappa shape index (κ3) is 4.13. The first-order valence-corrected chi connectivity index (χ1v) is 9.73. The monoisotopic (exact) mass is 335 g/mol. The predicted molar refractivity (Wildman–Crippen MR) is 102 cm³/mol. The highest BCUT2D eigenvalue weighted by atomic mass is 16.3. The smallest absolute Gasteiger partial charge is 0.0690 e. The largest absolute Gasteiger partial charge is 0.390 e. The molecule has 132 valence electrons. The van der Waals surface area contributed by atoms with Gasteiger partial charge < -0.3 is 5.11 Å². The highest BCUT2D eigenvalue weighted by Gasteiger charge is 2.41. The van der Waals surface area contributed by atoms with Crippen molar-refractivity contribution in [3.8, 4) is 0 Å². The van der Waals surface area contributed by atoms with Crippen molar-refractivity contribution in [3.05, 3.63) is 71.8 Å². The third-order valence-electron chi connectivity index (χ3n) is 6.22. The van der Waals surface area contributed by atoms with Crippen LogP contribution in [-0.2, 0) is 13.0 Å². The van der Waals surface area contributed by atoms with Crippen LogP contribution in [0, 0.1) is 11.8 Å². The van der Waals surface area contributed by atoms with E-state index < -0.39 is 5.60 Å². The summed E-state index contributed by atoms with van der Waals surface area (Å²) >= 11 is 0. The minimum Gasteiger partial charge on any atom is -0.390 e. The minimum absolute atomic E-state index is 0.496. The molecular weight excluding hydrogens is 306 g/mol. The molecule has 0 aromatic heterocycles. The number of hydrogen-bond acceptors (Lipinski definition) is 2. The topological polar surface area (TPSA) is 23.5 Å². The molecule has 1 saturated carbocycles. The van der Waals surface area contributed by atoms with E-state index in [-0.39, 0.29) is 0 Å². The Morgan fingerprint density at radius 1 is 0.880 bits per heavy atom. The lowest BCUT2D eigenvalue weighted by Crippen LogP contribution is -2.48. The lowest BCUT2D eigenvalue weighted by atomic mass is 9.67. The Balaban J connectivity index is 1.35. The molecule has 2 aliphatic rings. The first-order valence-electron chi connectivity index (χ1n) is 9.73. The molecule has 1 aliphatic carbocycles. The summed E-state index contributed by atoms with van der Waals surface area (Å²) in [5, 5.41) is 11.2. The molecule has 2 aromatic carbocycles. The summed E-state index contributed by atoms with van der Waals surface area (Å²) in [6, 6.07) is 21.3. The number of aliphatic hydroxyl groups is 1. The molecule has 3 atom stereocenters. The molecule has 0 spiro atoms. The number of likely N-dealkylation sites (tertiary alicyclic amines) is 1. The van der Waals surface area contributed by atoms with Gasteiger partial charge in [-0.2, -0.15) is 0 Å². The maximum atomic E-state index is 11.2. The quantitative estimate of drug-likeness (QED) is 0.901. The molecule has 25 heavy (non-hydrogen) atoms. The number of benzene rings is 2. The van der Waals surface area contributed by atoms with Crippen molar-refractivity contribution < 1.29 is 5.11 Å². The zero-order valence-corrected chi connectivity index (χ0v) is 15.0. The van der Waals surface area contributed by atoms with Gasteiger partial charge in [-0.25, -0.2) is 0 Å². The van der Waals surface area contributed by atoms with E-state index in [9.17, 15) is 5.11 Å². The Morgan fingerprint density at radius 3 is 2.28 bits per heavy atom. The molecular formula is C23H29NO. The van der Waals surface area contributed by atoms with E-state index >= 15 is 0 Å². The van der Waals surface area contributed by atoms with Gasteiger partial charge in [0.2, 0.25) is 0 Å². The van der Waals surface area contributed by atoms with Crippen LogP contribution in [0.3, 0.4) is 0 Å². The van der Waals surface area contributed by atoms with Gasteiger partial charge in [-0.1, -0.05) is 60.7 Å². The number of piperidine rings is 1. The molecule has 0 amide bonds. The van der Waals surface area contributed by atoms with Crippen molar-refractivity contribution in [1.29, 1.82) is 0 Å². The van der Waals surface area contributed by atoms with Crippen molar-refractivity contribution in [3.63, 3.8) is 0 Å². The van der Waals surface area contributed by atoms with Gasteiger partial charge >= 0.3 is 0 Å². The first-order chi connectivity index (χ1) is 12.2. The zero-order valence-electron chi connectivity index (χ0n) is 15.0. The molecule has 2 fully saturated rings. The molecule has 2 nitrogen and oxygen atoms in total. The fraction of sp³-hybridized carbons (Fsp3) is 0.478. The maximum absolute atomic E-state index is 11.2. The van der Waals surface area contributed by atoms with Gasteiger partial charge in [0, 0.05) is 19.5 Å². The number of hydrogen-bond donors (Lipinski definition) is 1. The van der Waals surface area contributed by atoms with E-state index in [4.69, 9.17) is 0 Å². The number of fused-ring (bicyclic) bond motifs is 1. The molecule has 4 rings (SSSR count). The average molecular weight is 335 g/mol. The van der Waals surface area contributed by atoms with Crippen LogP contribution >= 0.6 is 0 Å². The summed E-state index contributed by atoms with van der Waals surface area (Å²) in [5.74, 6) is 1.45. The fourth-order valence-electron chi connectivity index (χ4n) is 4.92. The van der Waals surface area contributed by atoms with Crippen LogP contribution in [0.1, 0.15) is 36.8 Å². The normalized spacial score (nSPS) is 30.0. The summed E-state index contributed by atoms with van der Waals surface area (Å²) in [6.45, 7) is 3.43. The van der Waals surface area contributed by atoms with Gasteiger partial charge in [0.1, 0.15) is 0 Å². The highest BCUT2D eigenvalue weighted by Crippen LogP contribution is 2.42. The van der Waals surface area contributed by atoms with Gasteiger partial charge in [-0.05, 0) is 55.2 Å². The first kappa shape index (κ1) is 16.8. The Bertz CT molecular complexity index is 671. The number of rotatable bonds is 4. The fourth-order valence-corrected chi connectivity index (χ4v) is 4.92. The SMILES string of the molecule is OC1(Cc2ccccc2)CC[C@@H]2CN(Cc3ccccc3)CC[C@@H]2C1. The highest BCUT2D eigenvalue weighted by molar-refractivity contribution is 5.18. The van der Waals surface area contributed by atoms with Crippen LogP contribution in [0.25, 0.3) is 0 Å². The summed E-state index contributed by atoms with van der Waals surface area (Å²) < 4.78 is 0. The van der Waals surface area contributed by atoms with Gasteiger partial charge in [0.25, 0.3) is 0 Å². The lowest BCUT2D eigenvalue weighted by Gasteiger charge is -2.47. The van der Waals surface area contributed by atoms with Crippen molar-refractivity contribution in [2.45, 2.75) is 44.2 Å². The van der Waals surface area contributed by atoms with Crippen LogP contribution in [0.5, 0.6) is 0 Å². The molecule has 1 saturated heterocycles. The van der Waals surface area contributed by atoms with E-state index in [1.165, 1.54) is 30.5 Å². The maximum Gasteiger partial charge on any atom is 0.0690 e. The lowest BCUT2D eigenvalue weighted by molar-refractivity contribution is -0.0564. The van der Waals surface area contributed by atoms with E-state index in [1.807, 2.05) is 6.07 Å². The molecule has 1 N–H and O–H groups in total. The Kier molecular flexibility index (Phi) is 4.91. The van der Waals surface area contributed by atoms with Gasteiger partial charge in [0.15, 0.2) is 0 Å². The van der Waals surface area contributed by atoms with Crippen molar-refractivity contribution in [1.82, 2.24) is 4.90 Å². The molecule has 1 aliphatic heterocycles. The summed E-state index contributed by atoms with van der Waals surface area (Å²) in [6.07, 6.45) is 5.13. The predicted octanol–water partition coefficient (Wildman–Crippen LogP) is 4.28. The molecule has 1 heterocycles. The van der Waals surface area contributed by atoms with Crippen molar-refractivity contribution in [2.24, 2.45) is 11.8 Å². The Hall–Kier alpha value is -1.64. The minimum atomic E-state index is -0.496.